The van der Waals surface area contributed by atoms with Crippen molar-refractivity contribution in [2.45, 2.75) is 0 Å². The van der Waals surface area contributed by atoms with Crippen LogP contribution in [0.25, 0.3) is 0 Å². The highest BCUT2D eigenvalue weighted by Crippen LogP contribution is 2.26. The third-order valence-electron chi connectivity index (χ3n) is 2.60. The molecule has 0 aliphatic rings. The topological polar surface area (TPSA) is 72.2 Å². The van der Waals surface area contributed by atoms with Gasteiger partial charge >= 0.3 is 0 Å². The Kier molecular flexibility index (Phi) is 4.40. The number of rotatable bonds is 3. The molecule has 1 amide bonds. The summed E-state index contributed by atoms with van der Waals surface area (Å²) in [6, 6.07) is 7.57. The van der Waals surface area contributed by atoms with Gasteiger partial charge in [0.2, 0.25) is 0 Å². The first kappa shape index (κ1) is 15.2. The van der Waals surface area contributed by atoms with E-state index in [-0.39, 0.29) is 21.3 Å². The Bertz CT molecular complexity index is 737. The molecule has 0 heterocycles. The number of nitrogens with zero attached hydrogens (tertiary/aromatic N) is 1. The van der Waals surface area contributed by atoms with E-state index in [0.29, 0.717) is 0 Å². The Morgan fingerprint density at radius 3 is 2.62 bits per heavy atom. The van der Waals surface area contributed by atoms with Crippen LogP contribution < -0.4 is 5.32 Å². The summed E-state index contributed by atoms with van der Waals surface area (Å²) in [5.41, 5.74) is -0.881. The largest absolute Gasteiger partial charge is 0.319 e. The number of nitro benzene ring substituents is 1. The molecule has 0 bridgehead atoms. The smallest absolute Gasteiger partial charge is 0.282 e. The van der Waals surface area contributed by atoms with Gasteiger partial charge in [0, 0.05) is 11.1 Å². The van der Waals surface area contributed by atoms with Crippen LogP contribution in [-0.2, 0) is 0 Å². The van der Waals surface area contributed by atoms with Crippen LogP contribution in [0.2, 0.25) is 10.0 Å². The Balaban J connectivity index is 2.39. The summed E-state index contributed by atoms with van der Waals surface area (Å²) < 4.78 is 13.7. The molecule has 0 atom stereocenters. The van der Waals surface area contributed by atoms with Crippen molar-refractivity contribution in [1.29, 1.82) is 0 Å². The van der Waals surface area contributed by atoms with E-state index in [1.54, 1.807) is 0 Å². The van der Waals surface area contributed by atoms with Crippen LogP contribution in [0.4, 0.5) is 15.8 Å². The SMILES string of the molecule is O=C(Nc1cccc(Cl)c1F)c1cc(Cl)ccc1[N+](=O)[O-]. The third kappa shape index (κ3) is 3.29. The number of hydrogen-bond acceptors (Lipinski definition) is 3. The van der Waals surface area contributed by atoms with Crippen LogP contribution in [0, 0.1) is 15.9 Å². The number of nitrogens with one attached hydrogen (secondary N) is 1. The molecule has 0 spiro atoms. The van der Waals surface area contributed by atoms with Crippen LogP contribution in [0.1, 0.15) is 10.4 Å². The van der Waals surface area contributed by atoms with Gasteiger partial charge in [-0.3, -0.25) is 14.9 Å². The standard InChI is InChI=1S/C13H7Cl2FN2O3/c14-7-4-5-11(18(20)21)8(6-7)13(19)17-10-3-1-2-9(15)12(10)16/h1-6H,(H,17,19). The van der Waals surface area contributed by atoms with Gasteiger partial charge in [0.25, 0.3) is 11.6 Å². The molecule has 0 unspecified atom stereocenters. The average Bonchev–Trinajstić information content (AvgIpc) is 2.43. The number of halogens is 3. The minimum absolute atomic E-state index is 0.150. The molecule has 0 aliphatic carbocycles. The van der Waals surface area contributed by atoms with E-state index >= 15 is 0 Å². The summed E-state index contributed by atoms with van der Waals surface area (Å²) >= 11 is 11.3. The second-order valence-corrected chi connectivity index (χ2v) is 4.82. The maximum atomic E-state index is 13.7. The Morgan fingerprint density at radius 1 is 1.24 bits per heavy atom. The van der Waals surface area contributed by atoms with E-state index in [9.17, 15) is 19.3 Å². The Morgan fingerprint density at radius 2 is 1.95 bits per heavy atom. The zero-order chi connectivity index (χ0) is 15.6. The van der Waals surface area contributed by atoms with Crippen LogP contribution >= 0.6 is 23.2 Å². The van der Waals surface area contributed by atoms with Crippen LogP contribution in [0.5, 0.6) is 0 Å². The first-order chi connectivity index (χ1) is 9.90. The molecule has 1 N–H and O–H groups in total. The fraction of sp³-hybridized carbons (Fsp3) is 0. The maximum absolute atomic E-state index is 13.7. The molecule has 8 heteroatoms. The van der Waals surface area contributed by atoms with Crippen LogP contribution in [-0.4, -0.2) is 10.8 Å². The second kappa shape index (κ2) is 6.07. The fourth-order valence-corrected chi connectivity index (χ4v) is 1.99. The van der Waals surface area contributed by atoms with Crippen LogP contribution in [0.15, 0.2) is 36.4 Å². The molecule has 0 aromatic heterocycles. The molecule has 2 aromatic rings. The second-order valence-electron chi connectivity index (χ2n) is 3.97. The van der Waals surface area contributed by atoms with E-state index in [1.165, 1.54) is 24.3 Å². The number of amides is 1. The number of benzene rings is 2. The zero-order valence-corrected chi connectivity index (χ0v) is 11.8. The lowest BCUT2D eigenvalue weighted by molar-refractivity contribution is -0.385. The molecule has 5 nitrogen and oxygen atoms in total. The molecule has 0 radical (unpaired) electrons. The number of anilines is 1. The third-order valence-corrected chi connectivity index (χ3v) is 3.13. The number of carbonyl (C=O) groups is 1. The van der Waals surface area contributed by atoms with Crippen molar-refractivity contribution in [3.8, 4) is 0 Å². The summed E-state index contributed by atoms with van der Waals surface area (Å²) in [5, 5.41) is 13.1. The summed E-state index contributed by atoms with van der Waals surface area (Å²) in [5.74, 6) is -1.68. The van der Waals surface area contributed by atoms with E-state index in [0.717, 1.165) is 12.1 Å². The normalized spacial score (nSPS) is 10.2. The molecule has 0 saturated carbocycles. The first-order valence-corrected chi connectivity index (χ1v) is 6.35. The highest BCUT2D eigenvalue weighted by Gasteiger charge is 2.21. The molecule has 2 aromatic carbocycles. The van der Waals surface area contributed by atoms with Gasteiger partial charge in [0.15, 0.2) is 5.82 Å². The van der Waals surface area contributed by atoms with E-state index in [2.05, 4.69) is 5.32 Å². The minimum Gasteiger partial charge on any atom is -0.319 e. The number of nitro groups is 1. The Hall–Kier alpha value is -2.18. The maximum Gasteiger partial charge on any atom is 0.282 e. The fourth-order valence-electron chi connectivity index (χ4n) is 1.64. The quantitative estimate of drug-likeness (QED) is 0.674. The van der Waals surface area contributed by atoms with Gasteiger partial charge in [-0.15, -0.1) is 0 Å². The monoisotopic (exact) mass is 328 g/mol. The van der Waals surface area contributed by atoms with Gasteiger partial charge in [-0.2, -0.15) is 0 Å². The van der Waals surface area contributed by atoms with Crippen LogP contribution in [0.3, 0.4) is 0 Å². The van der Waals surface area contributed by atoms with Gasteiger partial charge < -0.3 is 5.32 Å². The highest BCUT2D eigenvalue weighted by atomic mass is 35.5. The summed E-state index contributed by atoms with van der Waals surface area (Å²) in [6.07, 6.45) is 0. The Labute approximate surface area is 128 Å². The predicted octanol–water partition coefficient (Wildman–Crippen LogP) is 4.29. The van der Waals surface area contributed by atoms with Gasteiger partial charge in [-0.1, -0.05) is 29.3 Å². The van der Waals surface area contributed by atoms with E-state index < -0.39 is 22.3 Å². The molecule has 108 valence electrons. The molecule has 21 heavy (non-hydrogen) atoms. The van der Waals surface area contributed by atoms with E-state index in [1.807, 2.05) is 0 Å². The van der Waals surface area contributed by atoms with E-state index in [4.69, 9.17) is 23.2 Å². The lowest BCUT2D eigenvalue weighted by Crippen LogP contribution is -2.15. The molecule has 2 rings (SSSR count). The van der Waals surface area contributed by atoms with Crippen molar-refractivity contribution in [3.05, 3.63) is 67.9 Å². The number of carbonyl (C=O) groups excluding carboxylic acids is 1. The molecule has 0 fully saturated rings. The van der Waals surface area contributed by atoms with Crippen molar-refractivity contribution in [2.75, 3.05) is 5.32 Å². The van der Waals surface area contributed by atoms with Crippen molar-refractivity contribution in [2.24, 2.45) is 0 Å². The van der Waals surface area contributed by atoms with Crippen molar-refractivity contribution in [1.82, 2.24) is 0 Å². The first-order valence-electron chi connectivity index (χ1n) is 5.59. The highest BCUT2D eigenvalue weighted by molar-refractivity contribution is 6.31. The zero-order valence-electron chi connectivity index (χ0n) is 10.3. The van der Waals surface area contributed by atoms with Crippen molar-refractivity contribution >= 4 is 40.5 Å². The lowest BCUT2D eigenvalue weighted by Gasteiger charge is -2.08. The average molecular weight is 329 g/mol. The van der Waals surface area contributed by atoms with Crippen molar-refractivity contribution < 1.29 is 14.1 Å². The number of hydrogen-bond donors (Lipinski definition) is 1. The summed E-state index contributed by atoms with van der Waals surface area (Å²) in [7, 11) is 0. The summed E-state index contributed by atoms with van der Waals surface area (Å²) in [6.45, 7) is 0. The minimum atomic E-state index is -0.856. The van der Waals surface area contributed by atoms with Gasteiger partial charge in [0.05, 0.1) is 15.6 Å². The van der Waals surface area contributed by atoms with Gasteiger partial charge in [-0.05, 0) is 24.3 Å². The molecular weight excluding hydrogens is 322 g/mol. The van der Waals surface area contributed by atoms with Crippen molar-refractivity contribution in [3.63, 3.8) is 0 Å². The van der Waals surface area contributed by atoms with Gasteiger partial charge in [-0.25, -0.2) is 4.39 Å². The predicted molar refractivity (Wildman–Crippen MR) is 77.5 cm³/mol. The molecule has 0 aliphatic heterocycles. The molecule has 0 saturated heterocycles. The summed E-state index contributed by atoms with van der Waals surface area (Å²) in [4.78, 5) is 22.2. The molecular formula is C13H7Cl2FN2O3. The lowest BCUT2D eigenvalue weighted by atomic mass is 10.1. The van der Waals surface area contributed by atoms with Gasteiger partial charge in [0.1, 0.15) is 5.56 Å².